The number of aromatic nitrogens is 2. The molecule has 0 atom stereocenters. The molecule has 1 aromatic carbocycles. The molecule has 1 aromatic heterocycles. The Morgan fingerprint density at radius 2 is 1.95 bits per heavy atom. The predicted molar refractivity (Wildman–Crippen MR) is 77.0 cm³/mol. The van der Waals surface area contributed by atoms with Crippen molar-refractivity contribution in [2.45, 2.75) is 38.6 Å². The molecule has 0 bridgehead atoms. The van der Waals surface area contributed by atoms with Gasteiger partial charge in [-0.1, -0.05) is 36.3 Å². The topological polar surface area (TPSA) is 17.8 Å². The van der Waals surface area contributed by atoms with Crippen molar-refractivity contribution in [2.75, 3.05) is 0 Å². The van der Waals surface area contributed by atoms with Crippen molar-refractivity contribution >= 4 is 0 Å². The van der Waals surface area contributed by atoms with Gasteiger partial charge in [0.25, 0.3) is 0 Å². The van der Waals surface area contributed by atoms with Crippen LogP contribution in [0.4, 0.5) is 0 Å². The Morgan fingerprint density at radius 3 is 2.53 bits per heavy atom. The molecule has 0 spiro atoms. The van der Waals surface area contributed by atoms with E-state index in [0.717, 1.165) is 25.1 Å². The standard InChI is InChI=1S/C17H18N2/c1-4-17(10-11-17)16-13(2)18-19(14(16)3)12-15-8-6-5-7-9-15/h1,5-9H,10-12H2,2-3H3. The van der Waals surface area contributed by atoms with Crippen molar-refractivity contribution in [3.63, 3.8) is 0 Å². The summed E-state index contributed by atoms with van der Waals surface area (Å²) in [6.07, 6.45) is 7.91. The second kappa shape index (κ2) is 4.28. The number of nitrogens with zero attached hydrogens (tertiary/aromatic N) is 2. The normalized spacial score (nSPS) is 16.1. The van der Waals surface area contributed by atoms with Crippen LogP contribution in [0.2, 0.25) is 0 Å². The molecule has 2 heteroatoms. The predicted octanol–water partition coefficient (Wildman–Crippen LogP) is 3.21. The highest BCUT2D eigenvalue weighted by Gasteiger charge is 2.46. The van der Waals surface area contributed by atoms with Gasteiger partial charge in [-0.15, -0.1) is 6.42 Å². The second-order valence-corrected chi connectivity index (χ2v) is 5.42. The molecular formula is C17H18N2. The number of hydrogen-bond donors (Lipinski definition) is 0. The summed E-state index contributed by atoms with van der Waals surface area (Å²) in [6.45, 7) is 5.02. The average molecular weight is 250 g/mol. The third kappa shape index (κ3) is 1.96. The molecule has 0 amide bonds. The molecule has 1 fully saturated rings. The Bertz CT molecular complexity index is 640. The summed E-state index contributed by atoms with van der Waals surface area (Å²) in [5.41, 5.74) is 4.83. The minimum Gasteiger partial charge on any atom is -0.265 e. The third-order valence-corrected chi connectivity index (χ3v) is 4.06. The van der Waals surface area contributed by atoms with Crippen molar-refractivity contribution in [1.82, 2.24) is 9.78 Å². The maximum atomic E-state index is 5.71. The zero-order chi connectivity index (χ0) is 13.5. The first kappa shape index (κ1) is 12.0. The summed E-state index contributed by atoms with van der Waals surface area (Å²) in [5, 5.41) is 4.68. The van der Waals surface area contributed by atoms with Crippen molar-refractivity contribution in [1.29, 1.82) is 0 Å². The van der Waals surface area contributed by atoms with Gasteiger partial charge in [0.2, 0.25) is 0 Å². The van der Waals surface area contributed by atoms with E-state index in [4.69, 9.17) is 6.42 Å². The smallest absolute Gasteiger partial charge is 0.0662 e. The van der Waals surface area contributed by atoms with Crippen LogP contribution in [0.5, 0.6) is 0 Å². The molecule has 96 valence electrons. The van der Waals surface area contributed by atoms with Gasteiger partial charge < -0.3 is 0 Å². The maximum Gasteiger partial charge on any atom is 0.0662 e. The lowest BCUT2D eigenvalue weighted by atomic mass is 9.95. The summed E-state index contributed by atoms with van der Waals surface area (Å²) in [6, 6.07) is 10.4. The first-order valence-corrected chi connectivity index (χ1v) is 6.72. The van der Waals surface area contributed by atoms with Gasteiger partial charge in [-0.25, -0.2) is 0 Å². The summed E-state index contributed by atoms with van der Waals surface area (Å²) < 4.78 is 2.08. The average Bonchev–Trinajstić information content (AvgIpc) is 3.15. The van der Waals surface area contributed by atoms with Gasteiger partial charge >= 0.3 is 0 Å². The van der Waals surface area contributed by atoms with E-state index in [-0.39, 0.29) is 5.41 Å². The highest BCUT2D eigenvalue weighted by molar-refractivity contribution is 5.45. The lowest BCUT2D eigenvalue weighted by Crippen LogP contribution is -2.08. The van der Waals surface area contributed by atoms with Crippen molar-refractivity contribution < 1.29 is 0 Å². The fraction of sp³-hybridized carbons (Fsp3) is 0.353. The van der Waals surface area contributed by atoms with Crippen molar-refractivity contribution in [2.24, 2.45) is 0 Å². The van der Waals surface area contributed by atoms with Crippen LogP contribution in [-0.2, 0) is 12.0 Å². The molecule has 2 aromatic rings. The van der Waals surface area contributed by atoms with Crippen LogP contribution in [0.15, 0.2) is 30.3 Å². The van der Waals surface area contributed by atoms with Crippen molar-refractivity contribution in [3.05, 3.63) is 52.8 Å². The van der Waals surface area contributed by atoms with Crippen LogP contribution < -0.4 is 0 Å². The van der Waals surface area contributed by atoms with E-state index in [1.165, 1.54) is 16.8 Å². The van der Waals surface area contributed by atoms with E-state index in [9.17, 15) is 0 Å². The number of rotatable bonds is 3. The maximum absolute atomic E-state index is 5.71. The minimum atomic E-state index is -0.0247. The highest BCUT2D eigenvalue weighted by atomic mass is 15.3. The number of benzene rings is 1. The molecule has 0 N–H and O–H groups in total. The molecule has 0 radical (unpaired) electrons. The van der Waals surface area contributed by atoms with E-state index in [1.807, 2.05) is 6.07 Å². The largest absolute Gasteiger partial charge is 0.265 e. The molecule has 1 aliphatic carbocycles. The van der Waals surface area contributed by atoms with Gasteiger partial charge in [0.15, 0.2) is 0 Å². The van der Waals surface area contributed by atoms with E-state index in [1.54, 1.807) is 0 Å². The molecular weight excluding hydrogens is 232 g/mol. The van der Waals surface area contributed by atoms with E-state index >= 15 is 0 Å². The lowest BCUT2D eigenvalue weighted by molar-refractivity contribution is 0.657. The highest BCUT2D eigenvalue weighted by Crippen LogP contribution is 2.49. The van der Waals surface area contributed by atoms with Crippen LogP contribution in [0.1, 0.15) is 35.4 Å². The number of terminal acetylenes is 1. The van der Waals surface area contributed by atoms with E-state index < -0.39 is 0 Å². The SMILES string of the molecule is C#CC1(c2c(C)nn(Cc3ccccc3)c2C)CC1. The van der Waals surface area contributed by atoms with Gasteiger partial charge in [0.05, 0.1) is 17.7 Å². The fourth-order valence-corrected chi connectivity index (χ4v) is 2.89. The van der Waals surface area contributed by atoms with Gasteiger partial charge in [-0.2, -0.15) is 5.10 Å². The third-order valence-electron chi connectivity index (χ3n) is 4.06. The Morgan fingerprint density at radius 1 is 1.26 bits per heavy atom. The van der Waals surface area contributed by atoms with Crippen LogP contribution in [0.3, 0.4) is 0 Å². The number of hydrogen-bond acceptors (Lipinski definition) is 1. The van der Waals surface area contributed by atoms with Crippen LogP contribution in [0.25, 0.3) is 0 Å². The molecule has 0 aliphatic heterocycles. The Labute approximate surface area is 114 Å². The Hall–Kier alpha value is -2.01. The van der Waals surface area contributed by atoms with Gasteiger partial charge in [0, 0.05) is 11.3 Å². The Balaban J connectivity index is 1.97. The summed E-state index contributed by atoms with van der Waals surface area (Å²) in [5.74, 6) is 2.97. The molecule has 1 aliphatic rings. The molecule has 2 nitrogen and oxygen atoms in total. The summed E-state index contributed by atoms with van der Waals surface area (Å²) in [7, 11) is 0. The molecule has 3 rings (SSSR count). The first-order chi connectivity index (χ1) is 9.16. The summed E-state index contributed by atoms with van der Waals surface area (Å²) >= 11 is 0. The minimum absolute atomic E-state index is 0.0247. The van der Waals surface area contributed by atoms with Crippen LogP contribution in [-0.4, -0.2) is 9.78 Å². The fourth-order valence-electron chi connectivity index (χ4n) is 2.89. The molecule has 19 heavy (non-hydrogen) atoms. The number of aryl methyl sites for hydroxylation is 1. The second-order valence-electron chi connectivity index (χ2n) is 5.42. The molecule has 0 unspecified atom stereocenters. The molecule has 1 saturated carbocycles. The quantitative estimate of drug-likeness (QED) is 0.765. The lowest BCUT2D eigenvalue weighted by Gasteiger charge is -2.09. The monoisotopic (exact) mass is 250 g/mol. The molecule has 0 saturated heterocycles. The van der Waals surface area contributed by atoms with E-state index in [2.05, 4.69) is 53.8 Å². The Kier molecular flexibility index (Phi) is 2.71. The van der Waals surface area contributed by atoms with Crippen LogP contribution in [0, 0.1) is 26.2 Å². The van der Waals surface area contributed by atoms with E-state index in [0.29, 0.717) is 0 Å². The zero-order valence-corrected chi connectivity index (χ0v) is 11.5. The molecule has 1 heterocycles. The first-order valence-electron chi connectivity index (χ1n) is 6.72. The van der Waals surface area contributed by atoms with Crippen LogP contribution >= 0.6 is 0 Å². The zero-order valence-electron chi connectivity index (χ0n) is 11.5. The van der Waals surface area contributed by atoms with Gasteiger partial charge in [-0.05, 0) is 32.3 Å². The van der Waals surface area contributed by atoms with Gasteiger partial charge in [0.1, 0.15) is 0 Å². The van der Waals surface area contributed by atoms with Crippen molar-refractivity contribution in [3.8, 4) is 12.3 Å². The summed E-state index contributed by atoms with van der Waals surface area (Å²) in [4.78, 5) is 0. The van der Waals surface area contributed by atoms with Gasteiger partial charge in [-0.3, -0.25) is 4.68 Å².